The van der Waals surface area contributed by atoms with Crippen molar-refractivity contribution in [2.75, 3.05) is 0 Å². The van der Waals surface area contributed by atoms with Crippen molar-refractivity contribution in [1.82, 2.24) is 19.1 Å². The van der Waals surface area contributed by atoms with Gasteiger partial charge in [-0.2, -0.15) is 0 Å². The number of nitrogens with zero attached hydrogens (tertiary/aromatic N) is 4. The molecule has 0 saturated carbocycles. The molecule has 0 spiro atoms. The Hall–Kier alpha value is -1.58. The predicted molar refractivity (Wildman–Crippen MR) is 59.5 cm³/mol. The average molecular weight is 204 g/mol. The highest BCUT2D eigenvalue weighted by Crippen LogP contribution is 2.19. The van der Waals surface area contributed by atoms with Gasteiger partial charge >= 0.3 is 0 Å². The van der Waals surface area contributed by atoms with Crippen LogP contribution in [0.5, 0.6) is 0 Å². The monoisotopic (exact) mass is 204 g/mol. The zero-order valence-electron chi connectivity index (χ0n) is 9.65. The molecule has 2 aromatic heterocycles. The van der Waals surface area contributed by atoms with Crippen LogP contribution < -0.4 is 0 Å². The minimum Gasteiger partial charge on any atom is -0.331 e. The predicted octanol–water partition coefficient (Wildman–Crippen LogP) is 1.69. The van der Waals surface area contributed by atoms with Crippen molar-refractivity contribution < 1.29 is 0 Å². The summed E-state index contributed by atoms with van der Waals surface area (Å²) in [5.41, 5.74) is 2.37. The summed E-state index contributed by atoms with van der Waals surface area (Å²) in [6, 6.07) is 0. The quantitative estimate of drug-likeness (QED) is 0.746. The molecule has 0 aliphatic heterocycles. The van der Waals surface area contributed by atoms with Crippen LogP contribution in [-0.2, 0) is 20.5 Å². The van der Waals surface area contributed by atoms with Crippen molar-refractivity contribution >= 4 is 0 Å². The number of hydrogen-bond acceptors (Lipinski definition) is 2. The number of hydrogen-bond donors (Lipinski definition) is 0. The Bertz CT molecular complexity index is 479. The average Bonchev–Trinajstić information content (AvgIpc) is 2.71. The van der Waals surface area contributed by atoms with E-state index in [-0.39, 0.29) is 0 Å². The van der Waals surface area contributed by atoms with Gasteiger partial charge in [0.1, 0.15) is 0 Å². The van der Waals surface area contributed by atoms with Crippen molar-refractivity contribution in [2.45, 2.75) is 20.3 Å². The van der Waals surface area contributed by atoms with E-state index in [2.05, 4.69) is 21.5 Å². The zero-order chi connectivity index (χ0) is 11.0. The molecule has 0 unspecified atom stereocenters. The Morgan fingerprint density at radius 3 is 2.47 bits per heavy atom. The Labute approximate surface area is 89.6 Å². The molecule has 4 heteroatoms. The maximum Gasteiger partial charge on any atom is 0.176 e. The number of rotatable bonds is 2. The van der Waals surface area contributed by atoms with Crippen LogP contribution in [0.25, 0.3) is 11.6 Å². The van der Waals surface area contributed by atoms with E-state index in [1.807, 2.05) is 31.8 Å². The van der Waals surface area contributed by atoms with E-state index in [1.54, 1.807) is 6.20 Å². The van der Waals surface area contributed by atoms with Crippen LogP contribution in [0.2, 0.25) is 0 Å². The van der Waals surface area contributed by atoms with Gasteiger partial charge in [0.15, 0.2) is 11.6 Å². The molecule has 15 heavy (non-hydrogen) atoms. The molecule has 0 saturated heterocycles. The minimum atomic E-state index is 0.917. The second-order valence-electron chi connectivity index (χ2n) is 3.74. The Morgan fingerprint density at radius 1 is 1.27 bits per heavy atom. The molecule has 0 bridgehead atoms. The zero-order valence-corrected chi connectivity index (χ0v) is 9.65. The molecule has 0 amide bonds. The first kappa shape index (κ1) is 9.96. The van der Waals surface area contributed by atoms with Crippen LogP contribution in [-0.4, -0.2) is 19.1 Å². The lowest BCUT2D eigenvalue weighted by atomic mass is 10.3. The maximum atomic E-state index is 4.56. The molecular weight excluding hydrogens is 188 g/mol. The fourth-order valence-corrected chi connectivity index (χ4v) is 1.94. The molecule has 4 nitrogen and oxygen atoms in total. The van der Waals surface area contributed by atoms with E-state index < -0.39 is 0 Å². The van der Waals surface area contributed by atoms with E-state index in [4.69, 9.17) is 0 Å². The van der Waals surface area contributed by atoms with Gasteiger partial charge in [0.25, 0.3) is 0 Å². The largest absolute Gasteiger partial charge is 0.331 e. The number of aromatic nitrogens is 4. The fraction of sp³-hybridized carbons (Fsp3) is 0.455. The third-order valence-corrected chi connectivity index (χ3v) is 2.77. The van der Waals surface area contributed by atoms with Gasteiger partial charge in [-0.1, -0.05) is 6.92 Å². The molecule has 0 aliphatic rings. The Balaban J connectivity index is 2.60. The highest BCUT2D eigenvalue weighted by molar-refractivity contribution is 5.47. The summed E-state index contributed by atoms with van der Waals surface area (Å²) in [6.45, 7) is 4.19. The van der Waals surface area contributed by atoms with Crippen molar-refractivity contribution in [3.63, 3.8) is 0 Å². The molecule has 0 aliphatic carbocycles. The standard InChI is InChI=1S/C11H16N4/c1-5-9-8(2)13-11(15(9)4)10-12-6-7-14(10)3/h6-7H,5H2,1-4H3. The van der Waals surface area contributed by atoms with Crippen LogP contribution in [0.1, 0.15) is 18.3 Å². The smallest absolute Gasteiger partial charge is 0.176 e. The summed E-state index contributed by atoms with van der Waals surface area (Å²) in [5.74, 6) is 1.86. The number of imidazole rings is 2. The van der Waals surface area contributed by atoms with E-state index >= 15 is 0 Å². The lowest BCUT2D eigenvalue weighted by Crippen LogP contribution is -2.01. The first-order valence-electron chi connectivity index (χ1n) is 5.15. The van der Waals surface area contributed by atoms with Gasteiger partial charge in [0.05, 0.1) is 5.69 Å². The first-order valence-corrected chi connectivity index (χ1v) is 5.15. The molecule has 2 aromatic rings. The molecule has 2 rings (SSSR count). The second kappa shape index (κ2) is 3.53. The van der Waals surface area contributed by atoms with Gasteiger partial charge in [-0.15, -0.1) is 0 Å². The Kier molecular flexibility index (Phi) is 2.34. The van der Waals surface area contributed by atoms with Crippen LogP contribution >= 0.6 is 0 Å². The highest BCUT2D eigenvalue weighted by Gasteiger charge is 2.14. The number of aryl methyl sites for hydroxylation is 2. The summed E-state index contributed by atoms with van der Waals surface area (Å²) in [7, 11) is 4.03. The second-order valence-corrected chi connectivity index (χ2v) is 3.74. The van der Waals surface area contributed by atoms with Crippen molar-refractivity contribution in [3.8, 4) is 11.6 Å². The third-order valence-electron chi connectivity index (χ3n) is 2.77. The van der Waals surface area contributed by atoms with Gasteiger partial charge < -0.3 is 9.13 Å². The molecule has 0 N–H and O–H groups in total. The van der Waals surface area contributed by atoms with E-state index in [0.717, 1.165) is 23.8 Å². The summed E-state index contributed by atoms with van der Waals surface area (Å²) in [6.07, 6.45) is 4.73. The molecule has 0 radical (unpaired) electrons. The molecule has 2 heterocycles. The summed E-state index contributed by atoms with van der Waals surface area (Å²) < 4.78 is 4.11. The molecule has 0 aromatic carbocycles. The van der Waals surface area contributed by atoms with Crippen LogP contribution in [0.4, 0.5) is 0 Å². The van der Waals surface area contributed by atoms with Crippen molar-refractivity contribution in [2.24, 2.45) is 14.1 Å². The minimum absolute atomic E-state index is 0.917. The lowest BCUT2D eigenvalue weighted by molar-refractivity contribution is 0.814. The van der Waals surface area contributed by atoms with Gasteiger partial charge in [0.2, 0.25) is 0 Å². The van der Waals surface area contributed by atoms with E-state index in [1.165, 1.54) is 5.69 Å². The SMILES string of the molecule is CCc1c(C)nc(-c2nccn2C)n1C. The first-order chi connectivity index (χ1) is 7.15. The van der Waals surface area contributed by atoms with Gasteiger partial charge in [-0.25, -0.2) is 9.97 Å². The maximum absolute atomic E-state index is 4.56. The third kappa shape index (κ3) is 1.46. The van der Waals surface area contributed by atoms with Gasteiger partial charge in [-0.3, -0.25) is 0 Å². The molecule has 0 fully saturated rings. The summed E-state index contributed by atoms with van der Waals surface area (Å²) >= 11 is 0. The summed E-state index contributed by atoms with van der Waals surface area (Å²) in [4.78, 5) is 8.88. The van der Waals surface area contributed by atoms with Gasteiger partial charge in [-0.05, 0) is 13.3 Å². The van der Waals surface area contributed by atoms with Crippen molar-refractivity contribution in [1.29, 1.82) is 0 Å². The van der Waals surface area contributed by atoms with Crippen molar-refractivity contribution in [3.05, 3.63) is 23.8 Å². The molecule has 80 valence electrons. The normalized spacial score (nSPS) is 10.9. The van der Waals surface area contributed by atoms with Gasteiger partial charge in [0, 0.05) is 32.2 Å². The van der Waals surface area contributed by atoms with Crippen LogP contribution in [0, 0.1) is 6.92 Å². The fourth-order valence-electron chi connectivity index (χ4n) is 1.94. The molecule has 0 atom stereocenters. The van der Waals surface area contributed by atoms with Crippen LogP contribution in [0.3, 0.4) is 0 Å². The molecular formula is C11H16N4. The van der Waals surface area contributed by atoms with E-state index in [0.29, 0.717) is 0 Å². The van der Waals surface area contributed by atoms with E-state index in [9.17, 15) is 0 Å². The van der Waals surface area contributed by atoms with Crippen LogP contribution in [0.15, 0.2) is 12.4 Å². The topological polar surface area (TPSA) is 35.6 Å². The lowest BCUT2D eigenvalue weighted by Gasteiger charge is -2.04. The highest BCUT2D eigenvalue weighted by atomic mass is 15.1. The summed E-state index contributed by atoms with van der Waals surface area (Å²) in [5, 5.41) is 0. The Morgan fingerprint density at radius 2 is 2.00 bits per heavy atom.